The van der Waals surface area contributed by atoms with Crippen molar-refractivity contribution in [1.29, 1.82) is 0 Å². The van der Waals surface area contributed by atoms with Gasteiger partial charge in [0.1, 0.15) is 24.4 Å². The first-order valence-electron chi connectivity index (χ1n) is 7.96. The summed E-state index contributed by atoms with van der Waals surface area (Å²) in [6, 6.07) is 0. The molecule has 0 heterocycles. The largest absolute Gasteiger partial charge is 0.394 e. The van der Waals surface area contributed by atoms with E-state index in [0.717, 1.165) is 6.42 Å². The van der Waals surface area contributed by atoms with E-state index in [0.29, 0.717) is 6.61 Å². The molecule has 0 rings (SSSR count). The Labute approximate surface area is 137 Å². The molecule has 0 aliphatic rings. The molecule has 0 aromatic heterocycles. The Hall–Kier alpha value is -0.320. The van der Waals surface area contributed by atoms with Gasteiger partial charge in [0.15, 0.2) is 6.29 Å². The summed E-state index contributed by atoms with van der Waals surface area (Å²) in [6.07, 6.45) is -6.17. The highest BCUT2D eigenvalue weighted by Crippen LogP contribution is 2.11. The van der Waals surface area contributed by atoms with Gasteiger partial charge in [-0.05, 0) is 27.2 Å². The van der Waals surface area contributed by atoms with Crippen molar-refractivity contribution in [3.63, 3.8) is 0 Å². The SMILES string of the molecule is CCCO[C@H](CO[C@H](C)O[C@H](CO)[C@@H](O)[C@@H](C)O)[C@@H](O)[C@@H](C)O. The van der Waals surface area contributed by atoms with Crippen molar-refractivity contribution in [2.45, 2.75) is 77.0 Å². The van der Waals surface area contributed by atoms with Crippen LogP contribution in [0.25, 0.3) is 0 Å². The Kier molecular flexibility index (Phi) is 11.9. The molecule has 140 valence electrons. The van der Waals surface area contributed by atoms with Gasteiger partial charge in [-0.25, -0.2) is 0 Å². The van der Waals surface area contributed by atoms with Gasteiger partial charge in [-0.15, -0.1) is 0 Å². The molecule has 0 unspecified atom stereocenters. The third-order valence-corrected chi connectivity index (χ3v) is 3.33. The highest BCUT2D eigenvalue weighted by atomic mass is 16.7. The van der Waals surface area contributed by atoms with E-state index >= 15 is 0 Å². The molecule has 23 heavy (non-hydrogen) atoms. The second-order valence-electron chi connectivity index (χ2n) is 5.63. The average molecular weight is 340 g/mol. The summed E-state index contributed by atoms with van der Waals surface area (Å²) in [5.41, 5.74) is 0. The molecule has 0 aromatic carbocycles. The quantitative estimate of drug-likeness (QED) is 0.270. The maximum atomic E-state index is 9.91. The number of aliphatic hydroxyl groups excluding tert-OH is 5. The molecule has 8 heteroatoms. The number of ether oxygens (including phenoxy) is 3. The Bertz CT molecular complexity index is 287. The zero-order valence-electron chi connectivity index (χ0n) is 14.3. The van der Waals surface area contributed by atoms with Crippen molar-refractivity contribution in [1.82, 2.24) is 0 Å². The standard InChI is InChI=1S/C15H32O8/c1-5-6-21-13(15(20)10(3)18)8-22-11(4)23-12(7-16)14(19)9(2)17/h9-20H,5-8H2,1-4H3/t9-,10-,11+,12-,13-,14+,15+/m1/s1. The molecule has 0 amide bonds. The van der Waals surface area contributed by atoms with E-state index in [2.05, 4.69) is 0 Å². The summed E-state index contributed by atoms with van der Waals surface area (Å²) in [4.78, 5) is 0. The van der Waals surface area contributed by atoms with E-state index in [1.54, 1.807) is 6.92 Å². The van der Waals surface area contributed by atoms with E-state index in [4.69, 9.17) is 14.2 Å². The van der Waals surface area contributed by atoms with Gasteiger partial charge in [-0.1, -0.05) is 6.92 Å². The van der Waals surface area contributed by atoms with Crippen molar-refractivity contribution < 1.29 is 39.7 Å². The molecule has 0 radical (unpaired) electrons. The number of hydrogen-bond donors (Lipinski definition) is 5. The van der Waals surface area contributed by atoms with Crippen LogP contribution in [-0.2, 0) is 14.2 Å². The van der Waals surface area contributed by atoms with Crippen LogP contribution in [0, 0.1) is 0 Å². The minimum atomic E-state index is -1.25. The lowest BCUT2D eigenvalue weighted by Gasteiger charge is -2.29. The number of aliphatic hydroxyl groups is 5. The van der Waals surface area contributed by atoms with Crippen molar-refractivity contribution in [3.05, 3.63) is 0 Å². The Balaban J connectivity index is 4.46. The minimum Gasteiger partial charge on any atom is -0.394 e. The normalized spacial score (nSPS) is 21.3. The minimum absolute atomic E-state index is 0.0316. The van der Waals surface area contributed by atoms with Crippen LogP contribution in [0.4, 0.5) is 0 Å². The molecule has 8 nitrogen and oxygen atoms in total. The van der Waals surface area contributed by atoms with Gasteiger partial charge in [-0.2, -0.15) is 0 Å². The molecule has 0 fully saturated rings. The molecule has 5 N–H and O–H groups in total. The van der Waals surface area contributed by atoms with E-state index in [9.17, 15) is 25.5 Å². The van der Waals surface area contributed by atoms with Gasteiger partial charge >= 0.3 is 0 Å². The molecule has 0 aliphatic carbocycles. The summed E-state index contributed by atoms with van der Waals surface area (Å²) in [5.74, 6) is 0. The molecular weight excluding hydrogens is 308 g/mol. The van der Waals surface area contributed by atoms with Crippen molar-refractivity contribution in [2.24, 2.45) is 0 Å². The average Bonchev–Trinajstić information content (AvgIpc) is 2.51. The summed E-state index contributed by atoms with van der Waals surface area (Å²) in [6.45, 7) is 6.21. The van der Waals surface area contributed by atoms with E-state index in [-0.39, 0.29) is 6.61 Å². The third kappa shape index (κ3) is 8.92. The van der Waals surface area contributed by atoms with Crippen LogP contribution in [0.5, 0.6) is 0 Å². The van der Waals surface area contributed by atoms with Gasteiger partial charge in [0.25, 0.3) is 0 Å². The zero-order chi connectivity index (χ0) is 18.0. The number of hydrogen-bond acceptors (Lipinski definition) is 8. The maximum Gasteiger partial charge on any atom is 0.155 e. The Morgan fingerprint density at radius 3 is 1.78 bits per heavy atom. The van der Waals surface area contributed by atoms with E-state index in [1.165, 1.54) is 13.8 Å². The van der Waals surface area contributed by atoms with Gasteiger partial charge in [0.05, 0.1) is 25.4 Å². The second kappa shape index (κ2) is 12.1. The monoisotopic (exact) mass is 340 g/mol. The molecule has 7 atom stereocenters. The van der Waals surface area contributed by atoms with Crippen LogP contribution in [-0.4, -0.2) is 88.3 Å². The maximum absolute atomic E-state index is 9.91. The van der Waals surface area contributed by atoms with Gasteiger partial charge < -0.3 is 39.7 Å². The van der Waals surface area contributed by atoms with Crippen molar-refractivity contribution in [2.75, 3.05) is 19.8 Å². The fourth-order valence-corrected chi connectivity index (χ4v) is 1.88. The van der Waals surface area contributed by atoms with Crippen molar-refractivity contribution in [3.8, 4) is 0 Å². The summed E-state index contributed by atoms with van der Waals surface area (Å²) < 4.78 is 16.2. The first-order chi connectivity index (χ1) is 10.7. The predicted molar refractivity (Wildman–Crippen MR) is 82.8 cm³/mol. The lowest BCUT2D eigenvalue weighted by Crippen LogP contribution is -2.44. The molecular formula is C15H32O8. The van der Waals surface area contributed by atoms with Crippen LogP contribution < -0.4 is 0 Å². The van der Waals surface area contributed by atoms with Gasteiger partial charge in [-0.3, -0.25) is 0 Å². The van der Waals surface area contributed by atoms with E-state index < -0.39 is 49.5 Å². The fraction of sp³-hybridized carbons (Fsp3) is 1.00. The van der Waals surface area contributed by atoms with Crippen LogP contribution >= 0.6 is 0 Å². The second-order valence-corrected chi connectivity index (χ2v) is 5.63. The van der Waals surface area contributed by atoms with Crippen LogP contribution in [0.2, 0.25) is 0 Å². The molecule has 0 aliphatic heterocycles. The first kappa shape index (κ1) is 22.7. The van der Waals surface area contributed by atoms with Crippen LogP contribution in [0.15, 0.2) is 0 Å². The van der Waals surface area contributed by atoms with Crippen molar-refractivity contribution >= 4 is 0 Å². The Morgan fingerprint density at radius 1 is 0.826 bits per heavy atom. The molecule has 0 saturated heterocycles. The molecule has 0 spiro atoms. The summed E-state index contributed by atoms with van der Waals surface area (Å²) in [5, 5.41) is 47.6. The van der Waals surface area contributed by atoms with Crippen LogP contribution in [0.1, 0.15) is 34.1 Å². The summed E-state index contributed by atoms with van der Waals surface area (Å²) in [7, 11) is 0. The lowest BCUT2D eigenvalue weighted by atomic mass is 10.1. The molecule has 0 aromatic rings. The first-order valence-corrected chi connectivity index (χ1v) is 7.96. The molecule has 0 bridgehead atoms. The zero-order valence-corrected chi connectivity index (χ0v) is 14.3. The van der Waals surface area contributed by atoms with Crippen LogP contribution in [0.3, 0.4) is 0 Å². The topological polar surface area (TPSA) is 129 Å². The summed E-state index contributed by atoms with van der Waals surface area (Å²) >= 11 is 0. The van der Waals surface area contributed by atoms with Gasteiger partial charge in [0.2, 0.25) is 0 Å². The lowest BCUT2D eigenvalue weighted by molar-refractivity contribution is -0.219. The fourth-order valence-electron chi connectivity index (χ4n) is 1.88. The Morgan fingerprint density at radius 2 is 1.35 bits per heavy atom. The van der Waals surface area contributed by atoms with E-state index in [1.807, 2.05) is 6.92 Å². The third-order valence-electron chi connectivity index (χ3n) is 3.33. The highest BCUT2D eigenvalue weighted by Gasteiger charge is 2.28. The molecule has 0 saturated carbocycles. The predicted octanol–water partition coefficient (Wildman–Crippen LogP) is -0.995. The smallest absolute Gasteiger partial charge is 0.155 e. The number of rotatable bonds is 13. The van der Waals surface area contributed by atoms with Gasteiger partial charge in [0, 0.05) is 6.61 Å². The highest BCUT2D eigenvalue weighted by molar-refractivity contribution is 4.75.